The minimum absolute atomic E-state index is 0.749. The summed E-state index contributed by atoms with van der Waals surface area (Å²) in [5.41, 5.74) is 4.32. The minimum Gasteiger partial charge on any atom is -0.306 e. The van der Waals surface area contributed by atoms with Gasteiger partial charge in [0.15, 0.2) is 0 Å². The van der Waals surface area contributed by atoms with Crippen LogP contribution in [0.4, 0.5) is 0 Å². The highest BCUT2D eigenvalue weighted by Crippen LogP contribution is 2.17. The number of nitrogens with one attached hydrogen (secondary N) is 1. The summed E-state index contributed by atoms with van der Waals surface area (Å²) in [4.78, 5) is 10.5. The van der Waals surface area contributed by atoms with Gasteiger partial charge in [0.05, 0.1) is 22.9 Å². The van der Waals surface area contributed by atoms with Gasteiger partial charge in [-0.3, -0.25) is 4.98 Å². The van der Waals surface area contributed by atoms with Crippen molar-refractivity contribution in [3.05, 3.63) is 58.0 Å². The summed E-state index contributed by atoms with van der Waals surface area (Å²) in [5, 5.41) is 5.61. The third-order valence-electron chi connectivity index (χ3n) is 3.31. The van der Waals surface area contributed by atoms with Crippen LogP contribution in [0.3, 0.4) is 0 Å². The Balaban J connectivity index is 1.65. The Morgan fingerprint density at radius 1 is 1.10 bits per heavy atom. The lowest BCUT2D eigenvalue weighted by Gasteiger charge is -2.05. The molecule has 2 heterocycles. The molecule has 0 saturated carbocycles. The van der Waals surface area contributed by atoms with Crippen LogP contribution in [0.2, 0.25) is 0 Å². The van der Waals surface area contributed by atoms with E-state index < -0.39 is 0 Å². The lowest BCUT2D eigenvalue weighted by atomic mass is 10.2. The number of hydrogen-bond donors (Lipinski definition) is 1. The number of aryl methyl sites for hydroxylation is 1. The van der Waals surface area contributed by atoms with Crippen molar-refractivity contribution >= 4 is 22.4 Å². The van der Waals surface area contributed by atoms with Crippen LogP contribution >= 0.6 is 11.3 Å². The predicted octanol–water partition coefficient (Wildman–Crippen LogP) is 3.54. The molecule has 0 spiro atoms. The van der Waals surface area contributed by atoms with Gasteiger partial charge in [0.25, 0.3) is 0 Å². The molecule has 0 aliphatic rings. The van der Waals surface area contributed by atoms with Crippen molar-refractivity contribution in [3.8, 4) is 0 Å². The molecule has 0 aliphatic carbocycles. The smallest absolute Gasteiger partial charge is 0.0890 e. The zero-order valence-corrected chi connectivity index (χ0v) is 12.3. The van der Waals surface area contributed by atoms with Gasteiger partial charge in [-0.1, -0.05) is 19.1 Å². The lowest BCUT2D eigenvalue weighted by Crippen LogP contribution is -2.14. The molecule has 102 valence electrons. The van der Waals surface area contributed by atoms with E-state index in [1.807, 2.05) is 41.8 Å². The molecule has 0 bridgehead atoms. The van der Waals surface area contributed by atoms with Crippen molar-refractivity contribution in [1.82, 2.24) is 15.3 Å². The molecule has 0 radical (unpaired) electrons. The van der Waals surface area contributed by atoms with Crippen LogP contribution in [0.5, 0.6) is 0 Å². The molecule has 2 aromatic heterocycles. The van der Waals surface area contributed by atoms with Gasteiger partial charge >= 0.3 is 0 Å². The van der Waals surface area contributed by atoms with Crippen LogP contribution in [0.15, 0.2) is 41.9 Å². The van der Waals surface area contributed by atoms with Crippen LogP contribution in [0.25, 0.3) is 11.0 Å². The van der Waals surface area contributed by atoms with Crippen molar-refractivity contribution in [2.45, 2.75) is 26.4 Å². The van der Waals surface area contributed by atoms with E-state index in [0.717, 1.165) is 36.2 Å². The van der Waals surface area contributed by atoms with Gasteiger partial charge in [0, 0.05) is 18.0 Å². The fourth-order valence-electron chi connectivity index (χ4n) is 2.22. The average molecular weight is 283 g/mol. The molecule has 20 heavy (non-hydrogen) atoms. The van der Waals surface area contributed by atoms with E-state index in [1.165, 1.54) is 10.4 Å². The van der Waals surface area contributed by atoms with Gasteiger partial charge in [-0.25, -0.2) is 4.98 Å². The Morgan fingerprint density at radius 3 is 2.80 bits per heavy atom. The summed E-state index contributed by atoms with van der Waals surface area (Å²) < 4.78 is 0. The summed E-state index contributed by atoms with van der Waals surface area (Å²) in [6.07, 6.45) is 2.95. The predicted molar refractivity (Wildman–Crippen MR) is 83.8 cm³/mol. The van der Waals surface area contributed by atoms with Gasteiger partial charge in [-0.2, -0.15) is 0 Å². The molecular weight excluding hydrogens is 266 g/mol. The van der Waals surface area contributed by atoms with E-state index in [4.69, 9.17) is 0 Å². The van der Waals surface area contributed by atoms with Crippen LogP contribution < -0.4 is 5.32 Å². The number of nitrogens with zero attached hydrogens (tertiary/aromatic N) is 2. The molecule has 4 heteroatoms. The Bertz CT molecular complexity index is 706. The number of thiophene rings is 1. The Hall–Kier alpha value is -1.78. The monoisotopic (exact) mass is 283 g/mol. The number of hydrogen-bond acceptors (Lipinski definition) is 4. The second-order valence-electron chi connectivity index (χ2n) is 4.68. The fraction of sp³-hybridized carbons (Fsp3) is 0.250. The minimum atomic E-state index is 0.749. The first kappa shape index (κ1) is 13.2. The first-order valence-corrected chi connectivity index (χ1v) is 7.71. The molecule has 0 aliphatic heterocycles. The maximum absolute atomic E-state index is 4.62. The van der Waals surface area contributed by atoms with Crippen LogP contribution in [0.1, 0.15) is 23.1 Å². The highest BCUT2D eigenvalue weighted by atomic mass is 32.1. The lowest BCUT2D eigenvalue weighted by molar-refractivity contribution is 0.683. The molecule has 0 amide bonds. The zero-order chi connectivity index (χ0) is 13.8. The SMILES string of the molecule is CCc1ccsc1CNCc1cnc2ccccc2n1. The first-order chi connectivity index (χ1) is 9.86. The third-order valence-corrected chi connectivity index (χ3v) is 4.27. The number of benzene rings is 1. The molecule has 0 saturated heterocycles. The average Bonchev–Trinajstić information content (AvgIpc) is 2.95. The normalized spacial score (nSPS) is 11.1. The maximum atomic E-state index is 4.62. The van der Waals surface area contributed by atoms with E-state index in [0.29, 0.717) is 0 Å². The van der Waals surface area contributed by atoms with E-state index in [1.54, 1.807) is 0 Å². The number of para-hydroxylation sites is 2. The Kier molecular flexibility index (Phi) is 4.04. The molecule has 3 rings (SSSR count). The van der Waals surface area contributed by atoms with Crippen molar-refractivity contribution in [2.24, 2.45) is 0 Å². The van der Waals surface area contributed by atoms with Crippen molar-refractivity contribution < 1.29 is 0 Å². The summed E-state index contributed by atoms with van der Waals surface area (Å²) in [7, 11) is 0. The van der Waals surface area contributed by atoms with E-state index >= 15 is 0 Å². The second-order valence-corrected chi connectivity index (χ2v) is 5.68. The van der Waals surface area contributed by atoms with Gasteiger partial charge in [-0.05, 0) is 35.6 Å². The second kappa shape index (κ2) is 6.11. The Labute approximate surface area is 122 Å². The summed E-state index contributed by atoms with van der Waals surface area (Å²) >= 11 is 1.81. The van der Waals surface area contributed by atoms with Crippen molar-refractivity contribution in [2.75, 3.05) is 0 Å². The number of aromatic nitrogens is 2. The number of rotatable bonds is 5. The Morgan fingerprint density at radius 2 is 1.95 bits per heavy atom. The molecule has 3 aromatic rings. The third kappa shape index (κ3) is 2.86. The van der Waals surface area contributed by atoms with Crippen molar-refractivity contribution in [3.63, 3.8) is 0 Å². The summed E-state index contributed by atoms with van der Waals surface area (Å²) in [6, 6.07) is 10.2. The zero-order valence-electron chi connectivity index (χ0n) is 11.5. The van der Waals surface area contributed by atoms with Crippen LogP contribution in [-0.4, -0.2) is 9.97 Å². The van der Waals surface area contributed by atoms with Gasteiger partial charge < -0.3 is 5.32 Å². The molecule has 0 atom stereocenters. The van der Waals surface area contributed by atoms with E-state index in [-0.39, 0.29) is 0 Å². The van der Waals surface area contributed by atoms with Gasteiger partial charge in [0.1, 0.15) is 0 Å². The number of fused-ring (bicyclic) bond motifs is 1. The topological polar surface area (TPSA) is 37.8 Å². The highest BCUT2D eigenvalue weighted by Gasteiger charge is 2.03. The van der Waals surface area contributed by atoms with Crippen LogP contribution in [0, 0.1) is 0 Å². The molecule has 0 unspecified atom stereocenters. The highest BCUT2D eigenvalue weighted by molar-refractivity contribution is 7.10. The molecule has 1 N–H and O–H groups in total. The van der Waals surface area contributed by atoms with Crippen LogP contribution in [-0.2, 0) is 19.5 Å². The van der Waals surface area contributed by atoms with Gasteiger partial charge in [0.2, 0.25) is 0 Å². The molecular formula is C16H17N3S. The standard InChI is InChI=1S/C16H17N3S/c1-2-12-7-8-20-16(12)11-17-9-13-10-18-14-5-3-4-6-15(14)19-13/h3-8,10,17H,2,9,11H2,1H3. The largest absolute Gasteiger partial charge is 0.306 e. The maximum Gasteiger partial charge on any atom is 0.0890 e. The molecule has 3 nitrogen and oxygen atoms in total. The van der Waals surface area contributed by atoms with E-state index in [2.05, 4.69) is 33.7 Å². The fourth-order valence-corrected chi connectivity index (χ4v) is 3.17. The van der Waals surface area contributed by atoms with Crippen molar-refractivity contribution in [1.29, 1.82) is 0 Å². The molecule has 1 aromatic carbocycles. The summed E-state index contributed by atoms with van der Waals surface area (Å²) in [6.45, 7) is 3.84. The first-order valence-electron chi connectivity index (χ1n) is 6.83. The molecule has 0 fully saturated rings. The van der Waals surface area contributed by atoms with E-state index in [9.17, 15) is 0 Å². The quantitative estimate of drug-likeness (QED) is 0.778. The summed E-state index contributed by atoms with van der Waals surface area (Å²) in [5.74, 6) is 0. The van der Waals surface area contributed by atoms with Gasteiger partial charge in [-0.15, -0.1) is 11.3 Å².